The number of halogens is 2. The number of carbonyl (C=O) groups excluding carboxylic acids is 1. The molecule has 6 heteroatoms. The number of nitriles is 1. The maximum absolute atomic E-state index is 12.7. The van der Waals surface area contributed by atoms with Crippen LogP contribution in [-0.2, 0) is 0 Å². The zero-order chi connectivity index (χ0) is 15.0. The van der Waals surface area contributed by atoms with Crippen molar-refractivity contribution in [2.45, 2.75) is 0 Å². The van der Waals surface area contributed by atoms with E-state index in [-0.39, 0.29) is 21.4 Å². The minimum atomic E-state index is -0.299. The van der Waals surface area contributed by atoms with E-state index < -0.39 is 0 Å². The van der Waals surface area contributed by atoms with Crippen LogP contribution in [0.15, 0.2) is 36.8 Å². The van der Waals surface area contributed by atoms with Crippen molar-refractivity contribution in [1.29, 1.82) is 5.26 Å². The molecule has 0 atom stereocenters. The fourth-order valence-electron chi connectivity index (χ4n) is 2.15. The monoisotopic (exact) mass is 315 g/mol. The normalized spacial score (nSPS) is 10.5. The van der Waals surface area contributed by atoms with E-state index in [9.17, 15) is 4.79 Å². The molecular formula is C15H7Cl2N3O. The Hall–Kier alpha value is -2.35. The van der Waals surface area contributed by atoms with Crippen LogP contribution >= 0.6 is 23.2 Å². The molecule has 4 nitrogen and oxygen atoms in total. The van der Waals surface area contributed by atoms with Crippen LogP contribution in [0.5, 0.6) is 0 Å². The predicted octanol–water partition coefficient (Wildman–Crippen LogP) is 3.97. The highest BCUT2D eigenvalue weighted by Crippen LogP contribution is 2.30. The van der Waals surface area contributed by atoms with Gasteiger partial charge in [-0.2, -0.15) is 5.26 Å². The van der Waals surface area contributed by atoms with E-state index in [1.807, 2.05) is 6.07 Å². The van der Waals surface area contributed by atoms with Gasteiger partial charge in [-0.1, -0.05) is 23.2 Å². The lowest BCUT2D eigenvalue weighted by molar-refractivity contribution is 0.104. The van der Waals surface area contributed by atoms with Gasteiger partial charge in [-0.3, -0.25) is 9.78 Å². The summed E-state index contributed by atoms with van der Waals surface area (Å²) in [5.74, 6) is -0.299. The molecule has 0 radical (unpaired) electrons. The molecule has 0 amide bonds. The number of H-pyrrole nitrogens is 1. The number of aromatic amines is 1. The fourth-order valence-corrected chi connectivity index (χ4v) is 2.81. The third-order valence-corrected chi connectivity index (χ3v) is 3.72. The van der Waals surface area contributed by atoms with E-state index in [0.717, 1.165) is 10.9 Å². The Labute approximate surface area is 129 Å². The highest BCUT2D eigenvalue weighted by atomic mass is 35.5. The molecule has 21 heavy (non-hydrogen) atoms. The molecule has 0 spiro atoms. The second-order valence-electron chi connectivity index (χ2n) is 4.38. The van der Waals surface area contributed by atoms with Crippen molar-refractivity contribution in [3.8, 4) is 6.07 Å². The van der Waals surface area contributed by atoms with Crippen LogP contribution < -0.4 is 0 Å². The Morgan fingerprint density at radius 3 is 2.67 bits per heavy atom. The summed E-state index contributed by atoms with van der Waals surface area (Å²) in [6.07, 6.45) is 4.84. The highest BCUT2D eigenvalue weighted by molar-refractivity contribution is 6.41. The van der Waals surface area contributed by atoms with Crippen LogP contribution in [0.2, 0.25) is 10.0 Å². The van der Waals surface area contributed by atoms with Gasteiger partial charge in [-0.15, -0.1) is 0 Å². The number of aromatic nitrogens is 2. The van der Waals surface area contributed by atoms with Crippen molar-refractivity contribution in [3.05, 3.63) is 63.5 Å². The number of rotatable bonds is 2. The number of pyridine rings is 1. The summed E-state index contributed by atoms with van der Waals surface area (Å²) < 4.78 is 0. The molecule has 0 saturated heterocycles. The second-order valence-corrected chi connectivity index (χ2v) is 5.19. The maximum atomic E-state index is 12.7. The molecule has 0 unspecified atom stereocenters. The van der Waals surface area contributed by atoms with Crippen LogP contribution in [0.25, 0.3) is 10.9 Å². The summed E-state index contributed by atoms with van der Waals surface area (Å²) in [7, 11) is 0. The summed E-state index contributed by atoms with van der Waals surface area (Å²) in [6, 6.07) is 6.54. The van der Waals surface area contributed by atoms with Crippen molar-refractivity contribution < 1.29 is 4.79 Å². The first-order valence-corrected chi connectivity index (χ1v) is 6.72. The molecule has 0 saturated carbocycles. The van der Waals surface area contributed by atoms with E-state index in [1.54, 1.807) is 24.7 Å². The van der Waals surface area contributed by atoms with Crippen LogP contribution in [0.4, 0.5) is 0 Å². The summed E-state index contributed by atoms with van der Waals surface area (Å²) in [5, 5.41) is 9.94. The van der Waals surface area contributed by atoms with Gasteiger partial charge in [0, 0.05) is 23.3 Å². The average Bonchev–Trinajstić information content (AvgIpc) is 2.90. The van der Waals surface area contributed by atoms with E-state index in [2.05, 4.69) is 9.97 Å². The molecule has 1 N–H and O–H groups in total. The Morgan fingerprint density at radius 1 is 1.29 bits per heavy atom. The molecule has 0 aliphatic heterocycles. The van der Waals surface area contributed by atoms with Crippen molar-refractivity contribution in [2.24, 2.45) is 0 Å². The number of nitrogens with zero attached hydrogens (tertiary/aromatic N) is 2. The Morgan fingerprint density at radius 2 is 2.00 bits per heavy atom. The summed E-state index contributed by atoms with van der Waals surface area (Å²) >= 11 is 12.2. The van der Waals surface area contributed by atoms with E-state index in [4.69, 9.17) is 28.5 Å². The number of fused-ring (bicyclic) bond motifs is 1. The van der Waals surface area contributed by atoms with Gasteiger partial charge in [0.15, 0.2) is 5.78 Å². The smallest absolute Gasteiger partial charge is 0.198 e. The standard InChI is InChI=1S/C15H7Cl2N3O/c16-11-3-8(5-18)4-12(17)14(11)15(21)10-6-20-13-7-19-2-1-9(10)13/h1-4,6-7,20H. The van der Waals surface area contributed by atoms with E-state index in [1.165, 1.54) is 12.1 Å². The third kappa shape index (κ3) is 2.27. The van der Waals surface area contributed by atoms with Gasteiger partial charge in [-0.25, -0.2) is 0 Å². The predicted molar refractivity (Wildman–Crippen MR) is 80.7 cm³/mol. The first kappa shape index (κ1) is 13.6. The summed E-state index contributed by atoms with van der Waals surface area (Å²) in [6.45, 7) is 0. The summed E-state index contributed by atoms with van der Waals surface area (Å²) in [4.78, 5) is 19.6. The molecule has 102 valence electrons. The molecule has 3 rings (SSSR count). The largest absolute Gasteiger partial charge is 0.359 e. The van der Waals surface area contributed by atoms with Gasteiger partial charge in [-0.05, 0) is 18.2 Å². The maximum Gasteiger partial charge on any atom is 0.198 e. The van der Waals surface area contributed by atoms with Crippen LogP contribution in [0.1, 0.15) is 21.5 Å². The van der Waals surface area contributed by atoms with Gasteiger partial charge in [0.25, 0.3) is 0 Å². The number of benzene rings is 1. The molecule has 1 aromatic carbocycles. The van der Waals surface area contributed by atoms with Gasteiger partial charge in [0.1, 0.15) is 0 Å². The molecule has 0 bridgehead atoms. The minimum absolute atomic E-state index is 0.160. The molecule has 0 aliphatic rings. The van der Waals surface area contributed by atoms with Crippen LogP contribution in [0, 0.1) is 11.3 Å². The van der Waals surface area contributed by atoms with E-state index >= 15 is 0 Å². The van der Waals surface area contributed by atoms with Crippen molar-refractivity contribution in [2.75, 3.05) is 0 Å². The first-order valence-electron chi connectivity index (χ1n) is 5.96. The molecule has 3 aromatic rings. The lowest BCUT2D eigenvalue weighted by Gasteiger charge is -2.06. The number of carbonyl (C=O) groups is 1. The number of hydrogen-bond acceptors (Lipinski definition) is 3. The SMILES string of the molecule is N#Cc1cc(Cl)c(C(=O)c2c[nH]c3cnccc23)c(Cl)c1. The first-order chi connectivity index (χ1) is 10.1. The van der Waals surface area contributed by atoms with Crippen LogP contribution in [-0.4, -0.2) is 15.8 Å². The fraction of sp³-hybridized carbons (Fsp3) is 0. The number of hydrogen-bond donors (Lipinski definition) is 1. The van der Waals surface area contributed by atoms with Crippen molar-refractivity contribution in [1.82, 2.24) is 9.97 Å². The molecular weight excluding hydrogens is 309 g/mol. The van der Waals surface area contributed by atoms with Gasteiger partial charge in [0.2, 0.25) is 0 Å². The third-order valence-electron chi connectivity index (χ3n) is 3.13. The zero-order valence-electron chi connectivity index (χ0n) is 10.5. The van der Waals surface area contributed by atoms with Gasteiger partial charge >= 0.3 is 0 Å². The lowest BCUT2D eigenvalue weighted by Crippen LogP contribution is -2.03. The molecule has 2 heterocycles. The quantitative estimate of drug-likeness (QED) is 0.727. The van der Waals surface area contributed by atoms with E-state index in [0.29, 0.717) is 11.1 Å². The molecule has 2 aromatic heterocycles. The van der Waals surface area contributed by atoms with Crippen molar-refractivity contribution in [3.63, 3.8) is 0 Å². The zero-order valence-corrected chi connectivity index (χ0v) is 12.0. The summed E-state index contributed by atoms with van der Waals surface area (Å²) in [5.41, 5.74) is 1.71. The average molecular weight is 316 g/mol. The highest BCUT2D eigenvalue weighted by Gasteiger charge is 2.20. The number of nitrogens with one attached hydrogen (secondary N) is 1. The second kappa shape index (κ2) is 5.21. The Balaban J connectivity index is 2.18. The number of ketones is 1. The molecule has 0 fully saturated rings. The van der Waals surface area contributed by atoms with Crippen LogP contribution in [0.3, 0.4) is 0 Å². The molecule has 0 aliphatic carbocycles. The lowest BCUT2D eigenvalue weighted by atomic mass is 10.0. The van der Waals surface area contributed by atoms with Crippen molar-refractivity contribution >= 4 is 39.9 Å². The topological polar surface area (TPSA) is 69.5 Å². The Kier molecular flexibility index (Phi) is 3.38. The van der Waals surface area contributed by atoms with Gasteiger partial charge < -0.3 is 4.98 Å². The Bertz CT molecular complexity index is 886. The minimum Gasteiger partial charge on any atom is -0.359 e. The van der Waals surface area contributed by atoms with Gasteiger partial charge in [0.05, 0.1) is 39.0 Å².